The van der Waals surface area contributed by atoms with E-state index in [4.69, 9.17) is 17.3 Å². The SMILES string of the molecule is Cc1c(N)cc(Cl)cc1S(=O)(=O)NCC1CCC(=O)N1. The molecule has 1 aromatic rings. The van der Waals surface area contributed by atoms with E-state index >= 15 is 0 Å². The van der Waals surface area contributed by atoms with Crippen LogP contribution >= 0.6 is 11.6 Å². The van der Waals surface area contributed by atoms with Crippen LogP contribution in [0.25, 0.3) is 0 Å². The summed E-state index contributed by atoms with van der Waals surface area (Å²) in [7, 11) is -3.71. The normalized spacial score (nSPS) is 19.1. The highest BCUT2D eigenvalue weighted by Crippen LogP contribution is 2.25. The van der Waals surface area contributed by atoms with Crippen molar-refractivity contribution in [3.05, 3.63) is 22.7 Å². The summed E-state index contributed by atoms with van der Waals surface area (Å²) in [5.41, 5.74) is 6.50. The summed E-state index contributed by atoms with van der Waals surface area (Å²) in [4.78, 5) is 11.1. The zero-order chi connectivity index (χ0) is 14.9. The highest BCUT2D eigenvalue weighted by Gasteiger charge is 2.24. The topological polar surface area (TPSA) is 101 Å². The first-order chi connectivity index (χ1) is 9.29. The zero-order valence-corrected chi connectivity index (χ0v) is 12.5. The van der Waals surface area contributed by atoms with Crippen LogP contribution in [0.3, 0.4) is 0 Å². The van der Waals surface area contributed by atoms with Crippen molar-refractivity contribution in [1.82, 2.24) is 10.0 Å². The fourth-order valence-electron chi connectivity index (χ4n) is 2.07. The molecular weight excluding hydrogens is 302 g/mol. The number of hydrogen-bond acceptors (Lipinski definition) is 4. The van der Waals surface area contributed by atoms with Gasteiger partial charge in [0.15, 0.2) is 0 Å². The summed E-state index contributed by atoms with van der Waals surface area (Å²) in [6.07, 6.45) is 1.05. The van der Waals surface area contributed by atoms with E-state index in [0.29, 0.717) is 24.1 Å². The molecule has 2 rings (SSSR count). The standard InChI is InChI=1S/C12H16ClN3O3S/c1-7-10(14)4-8(13)5-11(7)20(18,19)15-6-9-2-3-12(17)16-9/h4-5,9,15H,2-3,6,14H2,1H3,(H,16,17). The Balaban J connectivity index is 2.16. The average Bonchev–Trinajstić information content (AvgIpc) is 2.77. The van der Waals surface area contributed by atoms with Crippen LogP contribution in [0.4, 0.5) is 5.69 Å². The predicted octanol–water partition coefficient (Wildman–Crippen LogP) is 0.788. The van der Waals surface area contributed by atoms with Crippen LogP contribution in [0.1, 0.15) is 18.4 Å². The Morgan fingerprint density at radius 3 is 2.80 bits per heavy atom. The number of sulfonamides is 1. The second-order valence-electron chi connectivity index (χ2n) is 4.77. The molecule has 20 heavy (non-hydrogen) atoms. The number of carbonyl (C=O) groups excluding carboxylic acids is 1. The lowest BCUT2D eigenvalue weighted by atomic mass is 10.2. The molecule has 1 amide bonds. The van der Waals surface area contributed by atoms with Crippen LogP contribution in [-0.2, 0) is 14.8 Å². The van der Waals surface area contributed by atoms with E-state index in [1.165, 1.54) is 12.1 Å². The molecule has 4 N–H and O–H groups in total. The number of anilines is 1. The molecule has 0 bridgehead atoms. The highest BCUT2D eigenvalue weighted by molar-refractivity contribution is 7.89. The molecule has 8 heteroatoms. The van der Waals surface area contributed by atoms with E-state index in [-0.39, 0.29) is 28.4 Å². The molecule has 1 saturated heterocycles. The Morgan fingerprint density at radius 1 is 1.50 bits per heavy atom. The summed E-state index contributed by atoms with van der Waals surface area (Å²) < 4.78 is 27.0. The van der Waals surface area contributed by atoms with E-state index in [2.05, 4.69) is 10.0 Å². The van der Waals surface area contributed by atoms with Gasteiger partial charge in [0.05, 0.1) is 4.90 Å². The number of nitrogen functional groups attached to an aromatic ring is 1. The van der Waals surface area contributed by atoms with Crippen LogP contribution in [0.5, 0.6) is 0 Å². The first kappa shape index (κ1) is 15.1. The third-order valence-corrected chi connectivity index (χ3v) is 5.03. The Bertz CT molecular complexity index is 646. The van der Waals surface area contributed by atoms with Crippen LogP contribution < -0.4 is 15.8 Å². The number of hydrogen-bond donors (Lipinski definition) is 3. The number of rotatable bonds is 4. The minimum Gasteiger partial charge on any atom is -0.398 e. The summed E-state index contributed by atoms with van der Waals surface area (Å²) in [6, 6.07) is 2.70. The van der Waals surface area contributed by atoms with Gasteiger partial charge in [0.25, 0.3) is 0 Å². The molecule has 0 aliphatic carbocycles. The van der Waals surface area contributed by atoms with Gasteiger partial charge in [-0.2, -0.15) is 0 Å². The molecule has 110 valence electrons. The maximum Gasteiger partial charge on any atom is 0.241 e. The second kappa shape index (κ2) is 5.59. The number of carbonyl (C=O) groups is 1. The predicted molar refractivity (Wildman–Crippen MR) is 77.0 cm³/mol. The molecule has 1 aliphatic heterocycles. The summed E-state index contributed by atoms with van der Waals surface area (Å²) >= 11 is 5.85. The van der Waals surface area contributed by atoms with Crippen molar-refractivity contribution in [3.63, 3.8) is 0 Å². The molecule has 0 radical (unpaired) electrons. The molecule has 1 aromatic carbocycles. The van der Waals surface area contributed by atoms with E-state index in [0.717, 1.165) is 0 Å². The Labute approximate surface area is 122 Å². The summed E-state index contributed by atoms with van der Waals surface area (Å²) in [5.74, 6) is -0.0580. The number of nitrogens with one attached hydrogen (secondary N) is 2. The second-order valence-corrected chi connectivity index (χ2v) is 6.94. The van der Waals surface area contributed by atoms with E-state index in [1.807, 2.05) is 0 Å². The van der Waals surface area contributed by atoms with Crippen molar-refractivity contribution >= 4 is 33.2 Å². The van der Waals surface area contributed by atoms with Crippen molar-refractivity contribution < 1.29 is 13.2 Å². The van der Waals surface area contributed by atoms with Gasteiger partial charge >= 0.3 is 0 Å². The fourth-order valence-corrected chi connectivity index (χ4v) is 3.74. The summed E-state index contributed by atoms with van der Waals surface area (Å²) in [5, 5.41) is 2.96. The molecule has 0 spiro atoms. The zero-order valence-electron chi connectivity index (χ0n) is 10.9. The Morgan fingerprint density at radius 2 is 2.20 bits per heavy atom. The van der Waals surface area contributed by atoms with Gasteiger partial charge in [-0.15, -0.1) is 0 Å². The Hall–Kier alpha value is -1.31. The van der Waals surface area contributed by atoms with Crippen molar-refractivity contribution in [3.8, 4) is 0 Å². The maximum atomic E-state index is 12.3. The van der Waals surface area contributed by atoms with Crippen molar-refractivity contribution in [1.29, 1.82) is 0 Å². The van der Waals surface area contributed by atoms with Crippen molar-refractivity contribution in [2.75, 3.05) is 12.3 Å². The lowest BCUT2D eigenvalue weighted by Crippen LogP contribution is -2.38. The third-order valence-electron chi connectivity index (χ3n) is 3.26. The minimum atomic E-state index is -3.71. The van der Waals surface area contributed by atoms with Gasteiger partial charge in [-0.1, -0.05) is 11.6 Å². The number of benzene rings is 1. The van der Waals surface area contributed by atoms with E-state index in [1.54, 1.807) is 6.92 Å². The molecule has 1 fully saturated rings. The maximum absolute atomic E-state index is 12.3. The number of amides is 1. The lowest BCUT2D eigenvalue weighted by Gasteiger charge is -2.14. The van der Waals surface area contributed by atoms with Crippen molar-refractivity contribution in [2.45, 2.75) is 30.7 Å². The van der Waals surface area contributed by atoms with Gasteiger partial charge in [-0.05, 0) is 31.0 Å². The largest absolute Gasteiger partial charge is 0.398 e. The summed E-state index contributed by atoms with van der Waals surface area (Å²) in [6.45, 7) is 1.78. The third kappa shape index (κ3) is 3.23. The van der Waals surface area contributed by atoms with E-state index < -0.39 is 10.0 Å². The molecule has 1 heterocycles. The van der Waals surface area contributed by atoms with Crippen LogP contribution in [0, 0.1) is 6.92 Å². The van der Waals surface area contributed by atoms with Gasteiger partial charge in [-0.25, -0.2) is 13.1 Å². The van der Waals surface area contributed by atoms with Gasteiger partial charge in [0.1, 0.15) is 0 Å². The molecule has 0 aromatic heterocycles. The van der Waals surface area contributed by atoms with Crippen molar-refractivity contribution in [2.24, 2.45) is 0 Å². The molecule has 1 aliphatic rings. The van der Waals surface area contributed by atoms with Crippen LogP contribution in [0.15, 0.2) is 17.0 Å². The molecular formula is C12H16ClN3O3S. The Kier molecular flexibility index (Phi) is 4.22. The van der Waals surface area contributed by atoms with Gasteiger partial charge in [-0.3, -0.25) is 4.79 Å². The average molecular weight is 318 g/mol. The first-order valence-corrected chi connectivity index (χ1v) is 8.00. The first-order valence-electron chi connectivity index (χ1n) is 6.14. The highest BCUT2D eigenvalue weighted by atomic mass is 35.5. The van der Waals surface area contributed by atoms with Gasteiger partial charge in [0.2, 0.25) is 15.9 Å². The van der Waals surface area contributed by atoms with Crippen LogP contribution in [-0.4, -0.2) is 26.9 Å². The fraction of sp³-hybridized carbons (Fsp3) is 0.417. The number of halogens is 1. The monoisotopic (exact) mass is 317 g/mol. The molecule has 6 nitrogen and oxygen atoms in total. The van der Waals surface area contributed by atoms with E-state index in [9.17, 15) is 13.2 Å². The molecule has 0 saturated carbocycles. The number of nitrogens with two attached hydrogens (primary N) is 1. The van der Waals surface area contributed by atoms with Crippen LogP contribution in [0.2, 0.25) is 5.02 Å². The lowest BCUT2D eigenvalue weighted by molar-refractivity contribution is -0.119. The molecule has 1 unspecified atom stereocenters. The smallest absolute Gasteiger partial charge is 0.241 e. The van der Waals surface area contributed by atoms with Gasteiger partial charge in [0, 0.05) is 29.7 Å². The minimum absolute atomic E-state index is 0.0580. The quantitative estimate of drug-likeness (QED) is 0.714. The van der Waals surface area contributed by atoms with Gasteiger partial charge < -0.3 is 11.1 Å². The molecule has 1 atom stereocenters.